The van der Waals surface area contributed by atoms with Crippen molar-refractivity contribution in [2.24, 2.45) is 7.05 Å². The van der Waals surface area contributed by atoms with E-state index in [2.05, 4.69) is 37.4 Å². The maximum absolute atomic E-state index is 4.62. The second-order valence-electron chi connectivity index (χ2n) is 5.55. The zero-order valence-corrected chi connectivity index (χ0v) is 10.2. The summed E-state index contributed by atoms with van der Waals surface area (Å²) in [5.74, 6) is 0.660. The molecular weight excluding hydrogens is 186 g/mol. The Morgan fingerprint density at radius 1 is 1.47 bits per heavy atom. The molecule has 1 atom stereocenters. The minimum Gasteiger partial charge on any atom is -0.316 e. The van der Waals surface area contributed by atoms with Gasteiger partial charge in [-0.05, 0) is 18.5 Å². The Morgan fingerprint density at radius 2 is 2.20 bits per heavy atom. The Bertz CT molecular complexity index is 340. The van der Waals surface area contributed by atoms with Gasteiger partial charge in [-0.1, -0.05) is 20.8 Å². The summed E-state index contributed by atoms with van der Waals surface area (Å²) >= 11 is 0. The highest BCUT2D eigenvalue weighted by molar-refractivity contribution is 5.28. The number of aromatic nitrogens is 2. The summed E-state index contributed by atoms with van der Waals surface area (Å²) in [5.41, 5.74) is 2.85. The van der Waals surface area contributed by atoms with Gasteiger partial charge < -0.3 is 5.32 Å². The van der Waals surface area contributed by atoms with Gasteiger partial charge in [-0.2, -0.15) is 5.10 Å². The zero-order chi connectivity index (χ0) is 11.1. The Kier molecular flexibility index (Phi) is 2.59. The normalized spacial score (nSPS) is 22.3. The van der Waals surface area contributed by atoms with Crippen molar-refractivity contribution >= 4 is 0 Å². The van der Waals surface area contributed by atoms with Crippen molar-refractivity contribution in [2.45, 2.75) is 38.5 Å². The molecular formula is C12H21N3. The molecule has 0 amide bonds. The predicted octanol–water partition coefficient (Wildman–Crippen LogP) is 1.79. The molecule has 0 aromatic carbocycles. The van der Waals surface area contributed by atoms with Gasteiger partial charge >= 0.3 is 0 Å². The first-order chi connectivity index (χ1) is 6.98. The molecule has 1 saturated heterocycles. The van der Waals surface area contributed by atoms with Crippen molar-refractivity contribution in [2.75, 3.05) is 13.1 Å². The van der Waals surface area contributed by atoms with E-state index < -0.39 is 0 Å². The highest BCUT2D eigenvalue weighted by Gasteiger charge is 2.27. The lowest BCUT2D eigenvalue weighted by Crippen LogP contribution is -2.17. The molecule has 0 saturated carbocycles. The average molecular weight is 207 g/mol. The van der Waals surface area contributed by atoms with Gasteiger partial charge in [-0.3, -0.25) is 4.68 Å². The molecule has 1 aromatic heterocycles. The highest BCUT2D eigenvalue weighted by atomic mass is 15.3. The largest absolute Gasteiger partial charge is 0.316 e. The minimum atomic E-state index is 0.152. The molecule has 1 fully saturated rings. The van der Waals surface area contributed by atoms with Crippen molar-refractivity contribution in [3.05, 3.63) is 17.5 Å². The third-order valence-electron chi connectivity index (χ3n) is 3.07. The first-order valence-electron chi connectivity index (χ1n) is 5.73. The Hall–Kier alpha value is -0.830. The summed E-state index contributed by atoms with van der Waals surface area (Å²) in [7, 11) is 2.02. The lowest BCUT2D eigenvalue weighted by molar-refractivity contribution is 0.542. The van der Waals surface area contributed by atoms with E-state index in [1.54, 1.807) is 0 Å². The molecule has 2 heterocycles. The van der Waals surface area contributed by atoms with Crippen LogP contribution in [0.15, 0.2) is 6.20 Å². The number of hydrogen-bond acceptors (Lipinski definition) is 2. The standard InChI is InChI=1S/C12H21N3/c1-12(2,3)11-10(8-15(4)14-11)9-5-6-13-7-9/h8-9,13H,5-7H2,1-4H3. The first kappa shape index (κ1) is 10.7. The molecule has 84 valence electrons. The minimum absolute atomic E-state index is 0.152. The lowest BCUT2D eigenvalue weighted by Gasteiger charge is -2.19. The molecule has 1 aromatic rings. The van der Waals surface area contributed by atoms with Gasteiger partial charge in [0.2, 0.25) is 0 Å². The van der Waals surface area contributed by atoms with E-state index in [9.17, 15) is 0 Å². The zero-order valence-electron chi connectivity index (χ0n) is 10.2. The quantitative estimate of drug-likeness (QED) is 0.761. The van der Waals surface area contributed by atoms with Crippen LogP contribution < -0.4 is 5.32 Å². The molecule has 3 nitrogen and oxygen atoms in total. The molecule has 1 unspecified atom stereocenters. The van der Waals surface area contributed by atoms with Crippen molar-refractivity contribution in [3.8, 4) is 0 Å². The van der Waals surface area contributed by atoms with Crippen LogP contribution in [0, 0.1) is 0 Å². The van der Waals surface area contributed by atoms with Crippen molar-refractivity contribution in [3.63, 3.8) is 0 Å². The second-order valence-corrected chi connectivity index (χ2v) is 5.55. The first-order valence-corrected chi connectivity index (χ1v) is 5.73. The molecule has 0 radical (unpaired) electrons. The number of nitrogens with zero attached hydrogens (tertiary/aromatic N) is 2. The monoisotopic (exact) mass is 207 g/mol. The van der Waals surface area contributed by atoms with E-state index in [4.69, 9.17) is 0 Å². The summed E-state index contributed by atoms with van der Waals surface area (Å²) in [6.45, 7) is 8.96. The van der Waals surface area contributed by atoms with Crippen LogP contribution in [-0.4, -0.2) is 22.9 Å². The topological polar surface area (TPSA) is 29.9 Å². The van der Waals surface area contributed by atoms with Crippen molar-refractivity contribution in [1.29, 1.82) is 0 Å². The van der Waals surface area contributed by atoms with Gasteiger partial charge in [0.15, 0.2) is 0 Å². The Morgan fingerprint density at radius 3 is 2.73 bits per heavy atom. The fourth-order valence-corrected chi connectivity index (χ4v) is 2.31. The summed E-state index contributed by atoms with van der Waals surface area (Å²) in [6.07, 6.45) is 3.44. The smallest absolute Gasteiger partial charge is 0.0713 e. The van der Waals surface area contributed by atoms with Crippen LogP contribution in [0.4, 0.5) is 0 Å². The van der Waals surface area contributed by atoms with E-state index in [0.29, 0.717) is 5.92 Å². The van der Waals surface area contributed by atoms with E-state index >= 15 is 0 Å². The van der Waals surface area contributed by atoms with E-state index in [1.807, 2.05) is 11.7 Å². The van der Waals surface area contributed by atoms with Crippen LogP contribution in [0.25, 0.3) is 0 Å². The molecule has 3 heteroatoms. The van der Waals surface area contributed by atoms with Crippen LogP contribution in [0.1, 0.15) is 44.4 Å². The molecule has 1 aliphatic rings. The molecule has 0 spiro atoms. The Balaban J connectivity index is 2.37. The molecule has 1 aliphatic heterocycles. The third-order valence-corrected chi connectivity index (χ3v) is 3.07. The fourth-order valence-electron chi connectivity index (χ4n) is 2.31. The van der Waals surface area contributed by atoms with E-state index in [0.717, 1.165) is 13.1 Å². The van der Waals surface area contributed by atoms with Gasteiger partial charge in [0.1, 0.15) is 0 Å². The van der Waals surface area contributed by atoms with Gasteiger partial charge in [0.25, 0.3) is 0 Å². The van der Waals surface area contributed by atoms with Crippen molar-refractivity contribution < 1.29 is 0 Å². The predicted molar refractivity (Wildman–Crippen MR) is 62.1 cm³/mol. The van der Waals surface area contributed by atoms with Crippen LogP contribution in [0.3, 0.4) is 0 Å². The summed E-state index contributed by atoms with van der Waals surface area (Å²) in [6, 6.07) is 0. The molecule has 2 rings (SSSR count). The highest BCUT2D eigenvalue weighted by Crippen LogP contribution is 2.31. The van der Waals surface area contributed by atoms with Crippen LogP contribution >= 0.6 is 0 Å². The molecule has 0 aliphatic carbocycles. The fraction of sp³-hybridized carbons (Fsp3) is 0.750. The van der Waals surface area contributed by atoms with E-state index in [1.165, 1.54) is 17.7 Å². The number of hydrogen-bond donors (Lipinski definition) is 1. The van der Waals surface area contributed by atoms with Crippen LogP contribution in [0.2, 0.25) is 0 Å². The summed E-state index contributed by atoms with van der Waals surface area (Å²) in [4.78, 5) is 0. The van der Waals surface area contributed by atoms with Gasteiger partial charge in [-0.15, -0.1) is 0 Å². The maximum Gasteiger partial charge on any atom is 0.0713 e. The summed E-state index contributed by atoms with van der Waals surface area (Å²) in [5, 5.41) is 8.04. The molecule has 1 N–H and O–H groups in total. The van der Waals surface area contributed by atoms with Crippen LogP contribution in [-0.2, 0) is 12.5 Å². The number of nitrogens with one attached hydrogen (secondary N) is 1. The van der Waals surface area contributed by atoms with Crippen LogP contribution in [0.5, 0.6) is 0 Å². The Labute approximate surface area is 91.9 Å². The van der Waals surface area contributed by atoms with Crippen molar-refractivity contribution in [1.82, 2.24) is 15.1 Å². The maximum atomic E-state index is 4.62. The van der Waals surface area contributed by atoms with E-state index in [-0.39, 0.29) is 5.41 Å². The second kappa shape index (κ2) is 3.63. The van der Waals surface area contributed by atoms with Gasteiger partial charge in [0, 0.05) is 31.1 Å². The average Bonchev–Trinajstić information content (AvgIpc) is 2.68. The molecule has 0 bridgehead atoms. The van der Waals surface area contributed by atoms with Gasteiger partial charge in [0.05, 0.1) is 5.69 Å². The third kappa shape index (κ3) is 2.07. The number of rotatable bonds is 1. The number of aryl methyl sites for hydroxylation is 1. The lowest BCUT2D eigenvalue weighted by atomic mass is 9.85. The molecule has 15 heavy (non-hydrogen) atoms. The van der Waals surface area contributed by atoms with Gasteiger partial charge in [-0.25, -0.2) is 0 Å². The summed E-state index contributed by atoms with van der Waals surface area (Å²) < 4.78 is 1.95. The SMILES string of the molecule is Cn1cc(C2CCNC2)c(C(C)(C)C)n1.